The smallest absolute Gasteiger partial charge is 0.276 e. The van der Waals surface area contributed by atoms with Gasteiger partial charge in [0.05, 0.1) is 6.04 Å². The largest absolute Gasteiger partial charge is 0.364 e. The normalized spacial score (nSPS) is 18.3. The standard InChI is InChI=1S/C19H22FN3O3/c1-13(2)17-12-22(19(25)16-8-10-26-21-16)9-7-18(24)23(17)11-14-3-5-15(20)6-4-14/h3-6,8,10,13,17H,7,9,11-12H2,1-2H3/t17-/m0/s1. The summed E-state index contributed by atoms with van der Waals surface area (Å²) in [6, 6.07) is 7.54. The Bertz CT molecular complexity index is 759. The lowest BCUT2D eigenvalue weighted by molar-refractivity contribution is -0.134. The van der Waals surface area contributed by atoms with Crippen molar-refractivity contribution >= 4 is 11.8 Å². The zero-order valence-corrected chi connectivity index (χ0v) is 14.9. The highest BCUT2D eigenvalue weighted by molar-refractivity contribution is 5.92. The molecule has 1 aromatic heterocycles. The monoisotopic (exact) mass is 359 g/mol. The van der Waals surface area contributed by atoms with E-state index in [-0.39, 0.29) is 41.7 Å². The van der Waals surface area contributed by atoms with E-state index in [2.05, 4.69) is 5.16 Å². The van der Waals surface area contributed by atoms with Crippen molar-refractivity contribution in [2.45, 2.75) is 32.9 Å². The second-order valence-corrected chi connectivity index (χ2v) is 6.85. The number of benzene rings is 1. The summed E-state index contributed by atoms with van der Waals surface area (Å²) >= 11 is 0. The van der Waals surface area contributed by atoms with Crippen LogP contribution in [0.4, 0.5) is 4.39 Å². The van der Waals surface area contributed by atoms with Gasteiger partial charge in [0.25, 0.3) is 5.91 Å². The zero-order chi connectivity index (χ0) is 18.7. The van der Waals surface area contributed by atoms with E-state index < -0.39 is 0 Å². The summed E-state index contributed by atoms with van der Waals surface area (Å²) in [5.74, 6) is -0.393. The fourth-order valence-corrected chi connectivity index (χ4v) is 3.21. The Kier molecular flexibility index (Phi) is 5.35. The molecule has 1 saturated heterocycles. The van der Waals surface area contributed by atoms with Crippen molar-refractivity contribution in [2.75, 3.05) is 13.1 Å². The summed E-state index contributed by atoms with van der Waals surface area (Å²) in [5.41, 5.74) is 1.11. The second kappa shape index (κ2) is 7.68. The number of carbonyl (C=O) groups is 2. The average Bonchev–Trinajstić information content (AvgIpc) is 3.10. The maximum absolute atomic E-state index is 13.1. The van der Waals surface area contributed by atoms with E-state index in [0.717, 1.165) is 5.56 Å². The molecule has 2 heterocycles. The zero-order valence-electron chi connectivity index (χ0n) is 14.9. The highest BCUT2D eigenvalue weighted by atomic mass is 19.1. The Morgan fingerprint density at radius 3 is 2.65 bits per heavy atom. The van der Waals surface area contributed by atoms with Gasteiger partial charge in [-0.2, -0.15) is 0 Å². The van der Waals surface area contributed by atoms with Crippen LogP contribution in [0.25, 0.3) is 0 Å². The number of aromatic nitrogens is 1. The summed E-state index contributed by atoms with van der Waals surface area (Å²) in [6.07, 6.45) is 1.60. The maximum atomic E-state index is 13.1. The van der Waals surface area contributed by atoms with Crippen LogP contribution in [-0.2, 0) is 11.3 Å². The van der Waals surface area contributed by atoms with Crippen LogP contribution in [0.5, 0.6) is 0 Å². The van der Waals surface area contributed by atoms with Gasteiger partial charge in [0.15, 0.2) is 5.69 Å². The van der Waals surface area contributed by atoms with Gasteiger partial charge < -0.3 is 14.3 Å². The van der Waals surface area contributed by atoms with E-state index in [4.69, 9.17) is 4.52 Å². The van der Waals surface area contributed by atoms with Crippen molar-refractivity contribution in [1.82, 2.24) is 15.0 Å². The number of hydrogen-bond donors (Lipinski definition) is 0. The van der Waals surface area contributed by atoms with Crippen molar-refractivity contribution in [3.63, 3.8) is 0 Å². The van der Waals surface area contributed by atoms with Crippen LogP contribution in [0.1, 0.15) is 36.3 Å². The van der Waals surface area contributed by atoms with Gasteiger partial charge in [0.2, 0.25) is 5.91 Å². The van der Waals surface area contributed by atoms with E-state index in [1.54, 1.807) is 21.9 Å². The Balaban J connectivity index is 1.81. The van der Waals surface area contributed by atoms with Gasteiger partial charge in [0, 0.05) is 32.1 Å². The van der Waals surface area contributed by atoms with Gasteiger partial charge in [-0.1, -0.05) is 31.1 Å². The summed E-state index contributed by atoms with van der Waals surface area (Å²) in [7, 11) is 0. The van der Waals surface area contributed by atoms with E-state index >= 15 is 0 Å². The van der Waals surface area contributed by atoms with E-state index in [1.165, 1.54) is 24.5 Å². The quantitative estimate of drug-likeness (QED) is 0.842. The molecule has 0 saturated carbocycles. The molecule has 0 radical (unpaired) electrons. The molecule has 7 heteroatoms. The van der Waals surface area contributed by atoms with Crippen LogP contribution in [0.3, 0.4) is 0 Å². The molecule has 6 nitrogen and oxygen atoms in total. The maximum Gasteiger partial charge on any atom is 0.276 e. The average molecular weight is 359 g/mol. The van der Waals surface area contributed by atoms with Gasteiger partial charge in [-0.05, 0) is 23.6 Å². The minimum Gasteiger partial charge on any atom is -0.364 e. The lowest BCUT2D eigenvalue weighted by Crippen LogP contribution is -2.47. The summed E-state index contributed by atoms with van der Waals surface area (Å²) in [4.78, 5) is 28.8. The van der Waals surface area contributed by atoms with Gasteiger partial charge in [0.1, 0.15) is 12.1 Å². The second-order valence-electron chi connectivity index (χ2n) is 6.85. The summed E-state index contributed by atoms with van der Waals surface area (Å²) in [5, 5.41) is 3.71. The van der Waals surface area contributed by atoms with Crippen LogP contribution in [0, 0.1) is 11.7 Å². The topological polar surface area (TPSA) is 66.7 Å². The molecule has 1 aromatic carbocycles. The molecule has 1 atom stereocenters. The van der Waals surface area contributed by atoms with Gasteiger partial charge in [-0.15, -0.1) is 0 Å². The van der Waals surface area contributed by atoms with Crippen LogP contribution in [-0.4, -0.2) is 45.9 Å². The number of hydrogen-bond acceptors (Lipinski definition) is 4. The molecule has 2 amide bonds. The van der Waals surface area contributed by atoms with Crippen LogP contribution >= 0.6 is 0 Å². The Hall–Kier alpha value is -2.70. The molecule has 138 valence electrons. The van der Waals surface area contributed by atoms with Gasteiger partial charge in [-0.25, -0.2) is 4.39 Å². The van der Waals surface area contributed by atoms with Gasteiger partial charge in [-0.3, -0.25) is 9.59 Å². The lowest BCUT2D eigenvalue weighted by Gasteiger charge is -2.34. The lowest BCUT2D eigenvalue weighted by atomic mass is 10.0. The number of amides is 2. The number of nitrogens with zero attached hydrogens (tertiary/aromatic N) is 3. The molecule has 2 aromatic rings. The molecule has 3 rings (SSSR count). The first kappa shape index (κ1) is 18.1. The van der Waals surface area contributed by atoms with Gasteiger partial charge >= 0.3 is 0 Å². The summed E-state index contributed by atoms with van der Waals surface area (Å²) in [6.45, 7) is 5.22. The first-order valence-electron chi connectivity index (χ1n) is 8.69. The first-order chi connectivity index (χ1) is 12.5. The molecule has 26 heavy (non-hydrogen) atoms. The first-order valence-corrected chi connectivity index (χ1v) is 8.69. The minimum atomic E-state index is -0.305. The molecular formula is C19H22FN3O3. The highest BCUT2D eigenvalue weighted by Gasteiger charge is 2.34. The van der Waals surface area contributed by atoms with Crippen molar-refractivity contribution in [3.05, 3.63) is 53.7 Å². The fourth-order valence-electron chi connectivity index (χ4n) is 3.21. The summed E-state index contributed by atoms with van der Waals surface area (Å²) < 4.78 is 17.9. The predicted octanol–water partition coefficient (Wildman–Crippen LogP) is 2.71. The minimum absolute atomic E-state index is 0.0107. The Labute approximate surface area is 151 Å². The third-order valence-corrected chi connectivity index (χ3v) is 4.70. The van der Waals surface area contributed by atoms with E-state index in [0.29, 0.717) is 19.6 Å². The molecule has 0 unspecified atom stereocenters. The van der Waals surface area contributed by atoms with Crippen LogP contribution in [0.2, 0.25) is 0 Å². The molecule has 1 fully saturated rings. The van der Waals surface area contributed by atoms with Crippen molar-refractivity contribution < 1.29 is 18.5 Å². The van der Waals surface area contributed by atoms with Crippen molar-refractivity contribution in [2.24, 2.45) is 5.92 Å². The third-order valence-electron chi connectivity index (χ3n) is 4.70. The fraction of sp³-hybridized carbons (Fsp3) is 0.421. The number of carbonyl (C=O) groups excluding carboxylic acids is 2. The highest BCUT2D eigenvalue weighted by Crippen LogP contribution is 2.22. The molecule has 1 aliphatic heterocycles. The molecule has 1 aliphatic rings. The van der Waals surface area contributed by atoms with E-state index in [1.807, 2.05) is 13.8 Å². The molecule has 0 spiro atoms. The van der Waals surface area contributed by atoms with Crippen molar-refractivity contribution in [3.8, 4) is 0 Å². The molecule has 0 bridgehead atoms. The Morgan fingerprint density at radius 1 is 1.31 bits per heavy atom. The number of rotatable bonds is 4. The van der Waals surface area contributed by atoms with Crippen LogP contribution < -0.4 is 0 Å². The Morgan fingerprint density at radius 2 is 2.04 bits per heavy atom. The van der Waals surface area contributed by atoms with Crippen molar-refractivity contribution in [1.29, 1.82) is 0 Å². The molecular weight excluding hydrogens is 337 g/mol. The van der Waals surface area contributed by atoms with Crippen LogP contribution in [0.15, 0.2) is 41.1 Å². The predicted molar refractivity (Wildman–Crippen MR) is 92.6 cm³/mol. The third kappa shape index (κ3) is 3.92. The number of halogens is 1. The SMILES string of the molecule is CC(C)[C@@H]1CN(C(=O)c2ccon2)CCC(=O)N1Cc1ccc(F)cc1. The molecule has 0 N–H and O–H groups in total. The van der Waals surface area contributed by atoms with E-state index in [9.17, 15) is 14.0 Å². The molecule has 0 aliphatic carbocycles.